The Kier molecular flexibility index (Phi) is 7.25. The fourth-order valence-corrected chi connectivity index (χ4v) is 3.13. The molecule has 1 heterocycles. The second-order valence-electron chi connectivity index (χ2n) is 8.15. The van der Waals surface area contributed by atoms with E-state index in [9.17, 15) is 18.7 Å². The van der Waals surface area contributed by atoms with Crippen LogP contribution in [0.4, 0.5) is 8.78 Å². The van der Waals surface area contributed by atoms with Gasteiger partial charge in [-0.25, -0.2) is 8.78 Å². The highest BCUT2D eigenvalue weighted by Gasteiger charge is 2.16. The summed E-state index contributed by atoms with van der Waals surface area (Å²) in [6.45, 7) is 3.35. The number of methoxy groups -OCH3 is 1. The molecule has 0 aliphatic rings. The Morgan fingerprint density at radius 3 is 2.41 bits per heavy atom. The zero-order valence-electron chi connectivity index (χ0n) is 18.3. The minimum absolute atomic E-state index is 0.0835. The molecule has 1 N–H and O–H groups in total. The van der Waals surface area contributed by atoms with E-state index in [2.05, 4.69) is 5.10 Å². The van der Waals surface area contributed by atoms with Crippen molar-refractivity contribution in [3.63, 3.8) is 0 Å². The summed E-state index contributed by atoms with van der Waals surface area (Å²) in [7, 11) is 1.49. The van der Waals surface area contributed by atoms with Crippen molar-refractivity contribution < 1.29 is 23.4 Å². The fraction of sp³-hybridized carbons (Fsp3) is 0.333. The molecule has 0 fully saturated rings. The molecule has 0 radical (unpaired) electrons. The molecule has 1 aromatic heterocycles. The third kappa shape index (κ3) is 6.13. The van der Waals surface area contributed by atoms with Crippen molar-refractivity contribution in [3.05, 3.63) is 81.8 Å². The van der Waals surface area contributed by atoms with Crippen LogP contribution < -0.4 is 15.0 Å². The van der Waals surface area contributed by atoms with Gasteiger partial charge in [0.15, 0.2) is 23.1 Å². The molecule has 0 aliphatic heterocycles. The van der Waals surface area contributed by atoms with E-state index in [0.29, 0.717) is 42.0 Å². The van der Waals surface area contributed by atoms with Crippen LogP contribution in [-0.2, 0) is 12.8 Å². The van der Waals surface area contributed by atoms with Gasteiger partial charge < -0.3 is 14.6 Å². The van der Waals surface area contributed by atoms with Crippen LogP contribution >= 0.6 is 0 Å². The number of aliphatic hydroxyl groups is 1. The molecule has 0 amide bonds. The first-order chi connectivity index (χ1) is 15.2. The van der Waals surface area contributed by atoms with Gasteiger partial charge in [-0.2, -0.15) is 9.78 Å². The van der Waals surface area contributed by atoms with Crippen molar-refractivity contribution in [1.82, 2.24) is 9.78 Å². The van der Waals surface area contributed by atoms with Gasteiger partial charge in [-0.3, -0.25) is 4.79 Å². The standard InChI is InChI=1S/C24H26F2N2O4/c1-24(2,30)15-32-21-10-8-18(13-22(21)31-3)28-23(29)12-17(14-27-28)6-4-5-16-7-9-19(25)20(26)11-16/h7-14,30H,4-6,15H2,1-3H3. The van der Waals surface area contributed by atoms with E-state index in [-0.39, 0.29) is 12.2 Å². The van der Waals surface area contributed by atoms with Crippen LogP contribution in [-0.4, -0.2) is 34.2 Å². The quantitative estimate of drug-likeness (QED) is 0.543. The van der Waals surface area contributed by atoms with Gasteiger partial charge in [-0.05, 0) is 68.5 Å². The fourth-order valence-electron chi connectivity index (χ4n) is 3.13. The van der Waals surface area contributed by atoms with Gasteiger partial charge >= 0.3 is 0 Å². The second-order valence-corrected chi connectivity index (χ2v) is 8.15. The van der Waals surface area contributed by atoms with E-state index < -0.39 is 17.2 Å². The molecule has 0 bridgehead atoms. The van der Waals surface area contributed by atoms with Gasteiger partial charge in [0.25, 0.3) is 5.56 Å². The predicted molar refractivity (Wildman–Crippen MR) is 117 cm³/mol. The summed E-state index contributed by atoms with van der Waals surface area (Å²) in [6.07, 6.45) is 3.41. The van der Waals surface area contributed by atoms with Crippen molar-refractivity contribution in [1.29, 1.82) is 0 Å². The summed E-state index contributed by atoms with van der Waals surface area (Å²) in [4.78, 5) is 12.6. The normalized spacial score (nSPS) is 11.4. The number of benzene rings is 2. The minimum Gasteiger partial charge on any atom is -0.493 e. The first kappa shape index (κ1) is 23.4. The zero-order chi connectivity index (χ0) is 23.3. The highest BCUT2D eigenvalue weighted by atomic mass is 19.2. The number of ether oxygens (including phenoxy) is 2. The van der Waals surface area contributed by atoms with Crippen LogP contribution in [0, 0.1) is 11.6 Å². The number of rotatable bonds is 9. The van der Waals surface area contributed by atoms with Crippen LogP contribution in [0.3, 0.4) is 0 Å². The SMILES string of the molecule is COc1cc(-n2ncc(CCCc3ccc(F)c(F)c3)cc2=O)ccc1OCC(C)(C)O. The number of nitrogens with zero attached hydrogens (tertiary/aromatic N) is 2. The molecule has 32 heavy (non-hydrogen) atoms. The van der Waals surface area contributed by atoms with E-state index >= 15 is 0 Å². The lowest BCUT2D eigenvalue weighted by atomic mass is 10.1. The Hall–Kier alpha value is -3.26. The lowest BCUT2D eigenvalue weighted by molar-refractivity contribution is 0.0276. The van der Waals surface area contributed by atoms with Crippen LogP contribution in [0.2, 0.25) is 0 Å². The minimum atomic E-state index is -0.997. The number of aryl methyl sites for hydroxylation is 2. The van der Waals surface area contributed by atoms with E-state index in [1.165, 1.54) is 23.9 Å². The molecule has 3 aromatic rings. The molecule has 8 heteroatoms. The van der Waals surface area contributed by atoms with Crippen LogP contribution in [0.1, 0.15) is 31.4 Å². The molecule has 0 spiro atoms. The van der Waals surface area contributed by atoms with Crippen molar-refractivity contribution in [3.8, 4) is 17.2 Å². The average molecular weight is 444 g/mol. The molecule has 0 atom stereocenters. The third-order valence-corrected chi connectivity index (χ3v) is 4.74. The van der Waals surface area contributed by atoms with Gasteiger partial charge in [0, 0.05) is 12.1 Å². The summed E-state index contributed by atoms with van der Waals surface area (Å²) in [5, 5.41) is 14.1. The zero-order valence-corrected chi connectivity index (χ0v) is 18.3. The Bertz CT molecular complexity index is 1140. The topological polar surface area (TPSA) is 73.6 Å². The van der Waals surface area contributed by atoms with Crippen molar-refractivity contribution >= 4 is 0 Å². The number of hydrogen-bond donors (Lipinski definition) is 1. The molecular weight excluding hydrogens is 418 g/mol. The monoisotopic (exact) mass is 444 g/mol. The molecule has 0 saturated heterocycles. The first-order valence-corrected chi connectivity index (χ1v) is 10.2. The Balaban J connectivity index is 1.69. The lowest BCUT2D eigenvalue weighted by Crippen LogP contribution is -2.28. The molecule has 0 unspecified atom stereocenters. The molecule has 2 aromatic carbocycles. The first-order valence-electron chi connectivity index (χ1n) is 10.2. The van der Waals surface area contributed by atoms with E-state index in [1.54, 1.807) is 44.3 Å². The number of aromatic nitrogens is 2. The maximum Gasteiger partial charge on any atom is 0.271 e. The van der Waals surface area contributed by atoms with E-state index in [0.717, 1.165) is 11.6 Å². The predicted octanol–water partition coefficient (Wildman–Crippen LogP) is 3.84. The molecular formula is C24H26F2N2O4. The maximum absolute atomic E-state index is 13.3. The van der Waals surface area contributed by atoms with Crippen molar-refractivity contribution in [2.75, 3.05) is 13.7 Å². The van der Waals surface area contributed by atoms with Gasteiger partial charge in [0.1, 0.15) is 6.61 Å². The Morgan fingerprint density at radius 2 is 1.75 bits per heavy atom. The summed E-state index contributed by atoms with van der Waals surface area (Å²) in [5.41, 5.74) is 0.663. The van der Waals surface area contributed by atoms with Gasteiger partial charge in [0.2, 0.25) is 0 Å². The van der Waals surface area contributed by atoms with Crippen molar-refractivity contribution in [2.45, 2.75) is 38.7 Å². The third-order valence-electron chi connectivity index (χ3n) is 4.74. The van der Waals surface area contributed by atoms with Crippen LogP contribution in [0.15, 0.2) is 53.5 Å². The molecule has 170 valence electrons. The van der Waals surface area contributed by atoms with Crippen LogP contribution in [0.25, 0.3) is 5.69 Å². The largest absolute Gasteiger partial charge is 0.493 e. The summed E-state index contributed by atoms with van der Waals surface area (Å²) < 4.78 is 38.5. The van der Waals surface area contributed by atoms with E-state index in [4.69, 9.17) is 9.47 Å². The summed E-state index contributed by atoms with van der Waals surface area (Å²) >= 11 is 0. The summed E-state index contributed by atoms with van der Waals surface area (Å²) in [6, 6.07) is 10.3. The Labute approximate surface area is 185 Å². The number of hydrogen-bond acceptors (Lipinski definition) is 5. The van der Waals surface area contributed by atoms with E-state index in [1.807, 2.05) is 0 Å². The maximum atomic E-state index is 13.3. The summed E-state index contributed by atoms with van der Waals surface area (Å²) in [5.74, 6) is -0.870. The molecule has 3 rings (SSSR count). The smallest absolute Gasteiger partial charge is 0.271 e. The highest BCUT2D eigenvalue weighted by molar-refractivity contribution is 5.48. The molecule has 6 nitrogen and oxygen atoms in total. The van der Waals surface area contributed by atoms with Gasteiger partial charge in [-0.15, -0.1) is 0 Å². The van der Waals surface area contributed by atoms with Gasteiger partial charge in [0.05, 0.1) is 24.6 Å². The molecule has 0 aliphatic carbocycles. The van der Waals surface area contributed by atoms with Crippen LogP contribution in [0.5, 0.6) is 11.5 Å². The lowest BCUT2D eigenvalue weighted by Gasteiger charge is -2.19. The molecule has 0 saturated carbocycles. The average Bonchev–Trinajstić information content (AvgIpc) is 2.74. The second kappa shape index (κ2) is 9.91. The highest BCUT2D eigenvalue weighted by Crippen LogP contribution is 2.29. The van der Waals surface area contributed by atoms with Crippen molar-refractivity contribution in [2.24, 2.45) is 0 Å². The Morgan fingerprint density at radius 1 is 1.00 bits per heavy atom. The van der Waals surface area contributed by atoms with Gasteiger partial charge in [-0.1, -0.05) is 6.07 Å². The number of halogens is 2.